The molecule has 2 saturated heterocycles. The minimum Gasteiger partial charge on any atom is -0.481 e. The SMILES string of the molecule is C=C1/C(=C\C(Cl)=C(/C)Cc2ccc(CC(=O)O)s2)CO[C@]12O[C@H](C)[C@@H](O)[C@H](O)[C@H]2O. The first-order chi connectivity index (χ1) is 14.0. The molecule has 9 heteroatoms. The van der Waals surface area contributed by atoms with Crippen molar-refractivity contribution in [2.75, 3.05) is 6.61 Å². The number of aliphatic hydroxyl groups is 3. The first-order valence-corrected chi connectivity index (χ1v) is 10.7. The quantitative estimate of drug-likeness (QED) is 0.536. The first kappa shape index (κ1) is 23.1. The van der Waals surface area contributed by atoms with Gasteiger partial charge in [-0.05, 0) is 43.2 Å². The van der Waals surface area contributed by atoms with Gasteiger partial charge in [-0.2, -0.15) is 0 Å². The summed E-state index contributed by atoms with van der Waals surface area (Å²) in [6.45, 7) is 7.51. The molecule has 2 aliphatic heterocycles. The summed E-state index contributed by atoms with van der Waals surface area (Å²) >= 11 is 7.91. The number of carboxylic acid groups (broad SMARTS) is 1. The van der Waals surface area contributed by atoms with E-state index in [0.717, 1.165) is 15.3 Å². The lowest BCUT2D eigenvalue weighted by Gasteiger charge is -2.45. The van der Waals surface area contributed by atoms with Crippen molar-refractivity contribution in [2.45, 2.75) is 56.9 Å². The smallest absolute Gasteiger partial charge is 0.308 e. The number of aliphatic carboxylic acids is 1. The number of carboxylic acids is 1. The third-order valence-electron chi connectivity index (χ3n) is 5.35. The molecule has 0 unspecified atom stereocenters. The average molecular weight is 457 g/mol. The molecule has 0 saturated carbocycles. The summed E-state index contributed by atoms with van der Waals surface area (Å²) in [5.41, 5.74) is 1.83. The molecule has 0 aromatic carbocycles. The van der Waals surface area contributed by atoms with E-state index in [-0.39, 0.29) is 13.0 Å². The van der Waals surface area contributed by atoms with E-state index in [9.17, 15) is 20.1 Å². The zero-order chi connectivity index (χ0) is 22.2. The van der Waals surface area contributed by atoms with Gasteiger partial charge in [0.15, 0.2) is 0 Å². The van der Waals surface area contributed by atoms with Gasteiger partial charge in [0, 0.05) is 26.8 Å². The van der Waals surface area contributed by atoms with E-state index >= 15 is 0 Å². The molecular formula is C21H25ClO7S. The third-order valence-corrected chi connectivity index (χ3v) is 6.86. The van der Waals surface area contributed by atoms with Gasteiger partial charge in [0.2, 0.25) is 5.79 Å². The topological polar surface area (TPSA) is 116 Å². The van der Waals surface area contributed by atoms with E-state index < -0.39 is 36.2 Å². The number of hydrogen-bond acceptors (Lipinski definition) is 7. The van der Waals surface area contributed by atoms with Crippen LogP contribution in [0.1, 0.15) is 23.6 Å². The van der Waals surface area contributed by atoms with Crippen LogP contribution in [0.2, 0.25) is 0 Å². The van der Waals surface area contributed by atoms with Gasteiger partial charge < -0.3 is 29.9 Å². The van der Waals surface area contributed by atoms with Gasteiger partial charge in [-0.25, -0.2) is 0 Å². The van der Waals surface area contributed by atoms with Crippen LogP contribution in [0, 0.1) is 0 Å². The van der Waals surface area contributed by atoms with E-state index in [4.69, 9.17) is 26.2 Å². The number of allylic oxidation sites excluding steroid dienone is 3. The first-order valence-electron chi connectivity index (χ1n) is 9.46. The Morgan fingerprint density at radius 3 is 2.57 bits per heavy atom. The molecule has 3 rings (SSSR count). The maximum Gasteiger partial charge on any atom is 0.308 e. The van der Waals surface area contributed by atoms with Gasteiger partial charge in [0.1, 0.15) is 18.3 Å². The number of carbonyl (C=O) groups is 1. The normalized spacial score (nSPS) is 33.9. The number of halogens is 1. The van der Waals surface area contributed by atoms with Crippen molar-refractivity contribution in [3.63, 3.8) is 0 Å². The van der Waals surface area contributed by atoms with Crippen LogP contribution in [0.25, 0.3) is 0 Å². The highest BCUT2D eigenvalue weighted by molar-refractivity contribution is 7.12. The molecule has 0 amide bonds. The van der Waals surface area contributed by atoms with Gasteiger partial charge in [0.05, 0.1) is 19.1 Å². The summed E-state index contributed by atoms with van der Waals surface area (Å²) in [5.74, 6) is -2.50. The van der Waals surface area contributed by atoms with Gasteiger partial charge in [-0.15, -0.1) is 11.3 Å². The van der Waals surface area contributed by atoms with Crippen LogP contribution in [0.3, 0.4) is 0 Å². The van der Waals surface area contributed by atoms with Gasteiger partial charge in [-0.3, -0.25) is 4.79 Å². The molecule has 2 fully saturated rings. The zero-order valence-corrected chi connectivity index (χ0v) is 18.2. The lowest BCUT2D eigenvalue weighted by atomic mass is 9.87. The van der Waals surface area contributed by atoms with Crippen LogP contribution >= 0.6 is 22.9 Å². The largest absolute Gasteiger partial charge is 0.481 e. The second-order valence-electron chi connectivity index (χ2n) is 7.60. The van der Waals surface area contributed by atoms with E-state index in [1.165, 1.54) is 11.3 Å². The van der Waals surface area contributed by atoms with Crippen LogP contribution in [0.4, 0.5) is 0 Å². The summed E-state index contributed by atoms with van der Waals surface area (Å²) in [6, 6.07) is 3.68. The van der Waals surface area contributed by atoms with Crippen LogP contribution < -0.4 is 0 Å². The van der Waals surface area contributed by atoms with Crippen molar-refractivity contribution in [3.05, 3.63) is 56.3 Å². The highest BCUT2D eigenvalue weighted by Gasteiger charge is 2.58. The molecule has 0 radical (unpaired) electrons. The predicted molar refractivity (Wildman–Crippen MR) is 112 cm³/mol. The molecular weight excluding hydrogens is 432 g/mol. The van der Waals surface area contributed by atoms with Gasteiger partial charge in [0.25, 0.3) is 0 Å². The molecule has 4 N–H and O–H groups in total. The molecule has 1 aromatic heterocycles. The lowest BCUT2D eigenvalue weighted by Crippen LogP contribution is -2.64. The van der Waals surface area contributed by atoms with Crippen molar-refractivity contribution < 1.29 is 34.7 Å². The van der Waals surface area contributed by atoms with Crippen molar-refractivity contribution in [1.29, 1.82) is 0 Å². The summed E-state index contributed by atoms with van der Waals surface area (Å²) in [4.78, 5) is 12.6. The fourth-order valence-corrected chi connectivity index (χ4v) is 4.86. The molecule has 164 valence electrons. The Labute approximate surface area is 183 Å². The number of thiophene rings is 1. The number of rotatable bonds is 5. The minimum atomic E-state index is -1.63. The van der Waals surface area contributed by atoms with Crippen molar-refractivity contribution >= 4 is 28.9 Å². The Morgan fingerprint density at radius 2 is 1.93 bits per heavy atom. The number of aliphatic hydroxyl groups excluding tert-OH is 3. The summed E-state index contributed by atoms with van der Waals surface area (Å²) in [7, 11) is 0. The number of hydrogen-bond donors (Lipinski definition) is 4. The fraction of sp³-hybridized carbons (Fsp3) is 0.476. The van der Waals surface area contributed by atoms with Crippen LogP contribution in [0.15, 0.2) is 46.5 Å². The molecule has 3 heterocycles. The van der Waals surface area contributed by atoms with E-state index in [1.54, 1.807) is 19.1 Å². The van der Waals surface area contributed by atoms with E-state index in [0.29, 0.717) is 22.6 Å². The van der Waals surface area contributed by atoms with Gasteiger partial charge >= 0.3 is 5.97 Å². The van der Waals surface area contributed by atoms with Crippen LogP contribution in [-0.4, -0.2) is 63.2 Å². The Hall–Kier alpha value is -1.52. The average Bonchev–Trinajstić information content (AvgIpc) is 3.24. The molecule has 0 aliphatic carbocycles. The summed E-state index contributed by atoms with van der Waals surface area (Å²) in [6.07, 6.45) is -2.68. The highest BCUT2D eigenvalue weighted by atomic mass is 35.5. The molecule has 7 nitrogen and oxygen atoms in total. The molecule has 2 aliphatic rings. The molecule has 1 aromatic rings. The Kier molecular flexibility index (Phi) is 6.88. The summed E-state index contributed by atoms with van der Waals surface area (Å²) < 4.78 is 11.4. The van der Waals surface area contributed by atoms with Crippen LogP contribution in [0.5, 0.6) is 0 Å². The van der Waals surface area contributed by atoms with E-state index in [1.807, 2.05) is 13.0 Å². The molecule has 30 heavy (non-hydrogen) atoms. The molecule has 0 bridgehead atoms. The fourth-order valence-electron chi connectivity index (χ4n) is 3.57. The predicted octanol–water partition coefficient (Wildman–Crippen LogP) is 2.14. The monoisotopic (exact) mass is 456 g/mol. The maximum absolute atomic E-state index is 10.8. The summed E-state index contributed by atoms with van der Waals surface area (Å²) in [5, 5.41) is 39.9. The van der Waals surface area contributed by atoms with Crippen molar-refractivity contribution in [3.8, 4) is 0 Å². The highest BCUT2D eigenvalue weighted by Crippen LogP contribution is 2.44. The second-order valence-corrected chi connectivity index (χ2v) is 9.26. The zero-order valence-electron chi connectivity index (χ0n) is 16.7. The van der Waals surface area contributed by atoms with Crippen molar-refractivity contribution in [2.24, 2.45) is 0 Å². The lowest BCUT2D eigenvalue weighted by molar-refractivity contribution is -0.328. The minimum absolute atomic E-state index is 0.00818. The van der Waals surface area contributed by atoms with E-state index in [2.05, 4.69) is 6.58 Å². The van der Waals surface area contributed by atoms with Gasteiger partial charge in [-0.1, -0.05) is 18.2 Å². The maximum atomic E-state index is 10.8. The Balaban J connectivity index is 1.77. The van der Waals surface area contributed by atoms with Crippen LogP contribution in [-0.2, 0) is 27.1 Å². The Morgan fingerprint density at radius 1 is 1.30 bits per heavy atom. The van der Waals surface area contributed by atoms with Crippen molar-refractivity contribution in [1.82, 2.24) is 0 Å². The molecule has 1 spiro atoms. The second kappa shape index (κ2) is 8.92. The molecule has 5 atom stereocenters. The number of ether oxygens (including phenoxy) is 2. The third kappa shape index (κ3) is 4.40. The standard InChI is InChI=1S/C21H25ClO7S/c1-10(6-14-4-5-15(30-14)8-17(23)24)16(22)7-13-9-28-21(11(13)2)20(27)19(26)18(25)12(3)29-21/h4-5,7,12,18-20,25-27H,2,6,8-9H2,1,3H3,(H,23,24)/b13-7-,16-10-/t12-,18-,19+,20-,21+/m1/s1. The Bertz CT molecular complexity index is 905.